The number of amides is 2. The summed E-state index contributed by atoms with van der Waals surface area (Å²) in [6.45, 7) is 11.6. The van der Waals surface area contributed by atoms with E-state index in [1.165, 1.54) is 0 Å². The smallest absolute Gasteiger partial charge is 0.408 e. The predicted octanol–water partition coefficient (Wildman–Crippen LogP) is 0.778. The normalized spacial score (nSPS) is 35.6. The molecule has 12 nitrogen and oxygen atoms in total. The zero-order chi connectivity index (χ0) is 27.4. The molecule has 0 aromatic carbocycles. The Morgan fingerprint density at radius 3 is 1.97 bits per heavy atom. The van der Waals surface area contributed by atoms with E-state index in [9.17, 15) is 30.0 Å². The average Bonchev–Trinajstić information content (AvgIpc) is 2.71. The Morgan fingerprint density at radius 2 is 1.47 bits per heavy atom. The molecule has 36 heavy (non-hydrogen) atoms. The first-order valence-corrected chi connectivity index (χ1v) is 12.5. The van der Waals surface area contributed by atoms with Crippen LogP contribution >= 0.6 is 0 Å². The molecule has 2 amide bonds. The van der Waals surface area contributed by atoms with Crippen molar-refractivity contribution in [2.75, 3.05) is 6.61 Å². The second kappa shape index (κ2) is 12.2. The number of nitrogens with one attached hydrogen (secondary N) is 2. The Labute approximate surface area is 212 Å². The third kappa shape index (κ3) is 8.70. The molecule has 0 aromatic heterocycles. The molecule has 0 spiro atoms. The lowest BCUT2D eigenvalue weighted by atomic mass is 9.79. The van der Waals surface area contributed by atoms with Crippen molar-refractivity contribution in [2.24, 2.45) is 5.92 Å². The maximum Gasteiger partial charge on any atom is 0.408 e. The number of hydrogen-bond acceptors (Lipinski definition) is 10. The molecule has 210 valence electrons. The molecule has 1 saturated heterocycles. The summed E-state index contributed by atoms with van der Waals surface area (Å²) in [5.41, 5.74) is -1.46. The number of aliphatic hydroxyl groups excluding tert-OH is 4. The van der Waals surface area contributed by atoms with Crippen LogP contribution in [0.15, 0.2) is 0 Å². The van der Waals surface area contributed by atoms with Crippen molar-refractivity contribution in [1.82, 2.24) is 10.6 Å². The van der Waals surface area contributed by atoms with Crippen molar-refractivity contribution in [2.45, 2.75) is 128 Å². The van der Waals surface area contributed by atoms with Gasteiger partial charge in [0.15, 0.2) is 6.29 Å². The van der Waals surface area contributed by atoms with Gasteiger partial charge in [-0.1, -0.05) is 13.3 Å². The molecule has 1 heterocycles. The van der Waals surface area contributed by atoms with Gasteiger partial charge in [-0.15, -0.1) is 0 Å². The van der Waals surface area contributed by atoms with E-state index in [0.29, 0.717) is 12.8 Å². The number of rotatable bonds is 6. The van der Waals surface area contributed by atoms with Crippen LogP contribution in [-0.2, 0) is 18.9 Å². The molecule has 2 aliphatic rings. The van der Waals surface area contributed by atoms with E-state index < -0.39 is 72.8 Å². The minimum Gasteiger partial charge on any atom is -0.444 e. The summed E-state index contributed by atoms with van der Waals surface area (Å²) >= 11 is 0. The Balaban J connectivity index is 2.10. The van der Waals surface area contributed by atoms with Crippen molar-refractivity contribution in [3.8, 4) is 0 Å². The molecule has 0 radical (unpaired) electrons. The Morgan fingerprint density at radius 1 is 0.917 bits per heavy atom. The minimum atomic E-state index is -1.52. The van der Waals surface area contributed by atoms with Gasteiger partial charge in [0.1, 0.15) is 29.5 Å². The summed E-state index contributed by atoms with van der Waals surface area (Å²) < 4.78 is 22.1. The fourth-order valence-electron chi connectivity index (χ4n) is 4.50. The fourth-order valence-corrected chi connectivity index (χ4v) is 4.50. The van der Waals surface area contributed by atoms with Crippen molar-refractivity contribution in [3.63, 3.8) is 0 Å². The zero-order valence-electron chi connectivity index (χ0n) is 22.3. The first-order valence-electron chi connectivity index (χ1n) is 12.5. The van der Waals surface area contributed by atoms with Crippen LogP contribution in [0.4, 0.5) is 9.59 Å². The first-order chi connectivity index (χ1) is 16.5. The molecule has 2 rings (SSSR count). The largest absolute Gasteiger partial charge is 0.444 e. The van der Waals surface area contributed by atoms with Crippen LogP contribution in [-0.4, -0.2) is 99.3 Å². The van der Waals surface area contributed by atoms with Gasteiger partial charge in [-0.2, -0.15) is 0 Å². The predicted molar refractivity (Wildman–Crippen MR) is 128 cm³/mol. The van der Waals surface area contributed by atoms with Crippen molar-refractivity contribution >= 4 is 12.2 Å². The highest BCUT2D eigenvalue weighted by atomic mass is 16.7. The number of alkyl carbamates (subject to hydrolysis) is 2. The molecule has 1 saturated carbocycles. The molecule has 9 unspecified atom stereocenters. The number of ether oxygens (including phenoxy) is 4. The fraction of sp³-hybridized carbons (Fsp3) is 0.917. The molecule has 0 aromatic rings. The van der Waals surface area contributed by atoms with Crippen molar-refractivity contribution < 1.29 is 49.0 Å². The second-order valence-corrected chi connectivity index (χ2v) is 11.5. The Hall–Kier alpha value is -1.70. The summed E-state index contributed by atoms with van der Waals surface area (Å²) in [7, 11) is 0. The minimum absolute atomic E-state index is 0.189. The van der Waals surface area contributed by atoms with Crippen molar-refractivity contribution in [1.29, 1.82) is 0 Å². The van der Waals surface area contributed by atoms with Crippen LogP contribution in [0, 0.1) is 5.92 Å². The Kier molecular flexibility index (Phi) is 10.4. The van der Waals surface area contributed by atoms with E-state index in [2.05, 4.69) is 10.6 Å². The third-order valence-corrected chi connectivity index (χ3v) is 6.06. The quantitative estimate of drug-likeness (QED) is 0.293. The molecular formula is C24H44N2O10. The maximum atomic E-state index is 12.3. The lowest BCUT2D eigenvalue weighted by molar-refractivity contribution is -0.306. The van der Waals surface area contributed by atoms with Crippen LogP contribution in [0.5, 0.6) is 0 Å². The molecule has 12 heteroatoms. The van der Waals surface area contributed by atoms with E-state index in [-0.39, 0.29) is 18.4 Å². The van der Waals surface area contributed by atoms with Gasteiger partial charge in [0.2, 0.25) is 0 Å². The van der Waals surface area contributed by atoms with Gasteiger partial charge < -0.3 is 50.0 Å². The molecular weight excluding hydrogens is 476 g/mol. The SMILES string of the molecule is CCC1CC(NC(=O)OC(C)(C)C)CC(O)C1OC1OC(CO)C(O)C(NC(=O)OC(C)(C)C)C1O. The number of carbonyl (C=O) groups is 2. The van der Waals surface area contributed by atoms with Gasteiger partial charge in [-0.25, -0.2) is 9.59 Å². The van der Waals surface area contributed by atoms with Gasteiger partial charge in [-0.3, -0.25) is 0 Å². The number of carbonyl (C=O) groups excluding carboxylic acids is 2. The number of aliphatic hydroxyl groups is 4. The van der Waals surface area contributed by atoms with Crippen LogP contribution in [0.3, 0.4) is 0 Å². The summed E-state index contributed by atoms with van der Waals surface area (Å²) in [5, 5.41) is 47.2. The molecule has 9 atom stereocenters. The molecule has 2 fully saturated rings. The van der Waals surface area contributed by atoms with Gasteiger partial charge in [0, 0.05) is 6.04 Å². The highest BCUT2D eigenvalue weighted by Crippen LogP contribution is 2.33. The Bertz CT molecular complexity index is 737. The summed E-state index contributed by atoms with van der Waals surface area (Å²) in [6.07, 6.45) is -7.37. The summed E-state index contributed by atoms with van der Waals surface area (Å²) in [5.74, 6) is -0.207. The van der Waals surface area contributed by atoms with Gasteiger partial charge in [0.05, 0.1) is 24.9 Å². The van der Waals surface area contributed by atoms with E-state index in [0.717, 1.165) is 0 Å². The third-order valence-electron chi connectivity index (χ3n) is 6.06. The molecule has 1 aliphatic heterocycles. The monoisotopic (exact) mass is 520 g/mol. The van der Waals surface area contributed by atoms with E-state index >= 15 is 0 Å². The first kappa shape index (κ1) is 30.5. The molecule has 1 aliphatic carbocycles. The van der Waals surface area contributed by atoms with Crippen molar-refractivity contribution in [3.05, 3.63) is 0 Å². The van der Waals surface area contributed by atoms with E-state index in [1.54, 1.807) is 41.5 Å². The molecule has 6 N–H and O–H groups in total. The molecule has 0 bridgehead atoms. The van der Waals surface area contributed by atoms with E-state index in [4.69, 9.17) is 18.9 Å². The van der Waals surface area contributed by atoms with Crippen LogP contribution in [0.25, 0.3) is 0 Å². The lowest BCUT2D eigenvalue weighted by Crippen LogP contribution is -2.66. The van der Waals surface area contributed by atoms with Crippen LogP contribution in [0.1, 0.15) is 67.7 Å². The summed E-state index contributed by atoms with van der Waals surface area (Å²) in [4.78, 5) is 24.5. The average molecular weight is 521 g/mol. The topological polar surface area (TPSA) is 176 Å². The highest BCUT2D eigenvalue weighted by molar-refractivity contribution is 5.68. The van der Waals surface area contributed by atoms with E-state index in [1.807, 2.05) is 6.92 Å². The van der Waals surface area contributed by atoms with Gasteiger partial charge in [-0.05, 0) is 60.3 Å². The van der Waals surface area contributed by atoms with Gasteiger partial charge in [0.25, 0.3) is 0 Å². The summed E-state index contributed by atoms with van der Waals surface area (Å²) in [6, 6.07) is -1.59. The highest BCUT2D eigenvalue weighted by Gasteiger charge is 2.49. The van der Waals surface area contributed by atoms with Gasteiger partial charge >= 0.3 is 12.2 Å². The number of hydrogen-bond donors (Lipinski definition) is 6. The maximum absolute atomic E-state index is 12.3. The lowest BCUT2D eigenvalue weighted by Gasteiger charge is -2.46. The second-order valence-electron chi connectivity index (χ2n) is 11.5. The zero-order valence-corrected chi connectivity index (χ0v) is 22.3. The van der Waals surface area contributed by atoms with Crippen LogP contribution in [0.2, 0.25) is 0 Å². The standard InChI is InChI=1S/C24H44N2O10/c1-8-12-9-13(25-21(31)35-23(2,3)4)10-14(28)19(12)34-20-18(30)16(17(29)15(11-27)33-20)26-22(32)36-24(5,6)7/h12-20,27-30H,8-11H2,1-7H3,(H,25,31)(H,26,32). The van der Waals surface area contributed by atoms with Crippen LogP contribution < -0.4 is 10.6 Å².